The van der Waals surface area contributed by atoms with Crippen LogP contribution in [0.25, 0.3) is 22.1 Å². The van der Waals surface area contributed by atoms with Gasteiger partial charge in [0, 0.05) is 29.2 Å². The van der Waals surface area contributed by atoms with Crippen molar-refractivity contribution < 1.29 is 45.7 Å². The summed E-state index contributed by atoms with van der Waals surface area (Å²) in [5, 5.41) is 5.51. The Morgan fingerprint density at radius 3 is 1.34 bits per heavy atom. The fraction of sp³-hybridized carbons (Fsp3) is 0.640. The molecular formula is C50H68FeN8O6. The van der Waals surface area contributed by atoms with Gasteiger partial charge in [0.05, 0.1) is 48.4 Å². The SMILES string of the molecule is COC(=O)N[C@H](C(=O)N1C2CCC(C2)[C@H]1c1nc2ccc(C3CCCC3)cc2[nH]1)C(C)C.COC(=O)N[C@H](C(=O)N1C2CCC(C2)[C@H]1c1nc2ccc(C3CCCC3)cc2[nH]1)C(C)C.[Fe]. The molecule has 4 heterocycles. The number of nitrogens with zero attached hydrogens (tertiary/aromatic N) is 4. The molecule has 2 aromatic carbocycles. The standard InChI is InChI=1S/2C25H34N4O3.Fe/c2*1-14(2)21(28-25(31)32-3)24(30)29-18-10-8-17(12-18)22(29)23-26-19-11-9-16(13-20(19)27-23)15-6-4-5-7-15;/h2*9,11,13-15,17-18,21-22H,4-8,10,12H2,1-3H3,(H,26,27)(H,28,31);/t2*17?,18?,21-,22-;/m00./s1. The van der Waals surface area contributed by atoms with Gasteiger partial charge in [0.25, 0.3) is 0 Å². The topological polar surface area (TPSA) is 175 Å². The number of amides is 4. The third kappa shape index (κ3) is 9.25. The van der Waals surface area contributed by atoms with E-state index < -0.39 is 24.3 Å². The van der Waals surface area contributed by atoms with Crippen LogP contribution in [-0.4, -0.2) is 92.1 Å². The van der Waals surface area contributed by atoms with Crippen molar-refractivity contribution in [3.05, 3.63) is 59.2 Å². The number of likely N-dealkylation sites (tertiary alicyclic amines) is 2. The zero-order valence-electron chi connectivity index (χ0n) is 38.9. The number of benzene rings is 2. The molecule has 4 bridgehead atoms. The number of ether oxygens (including phenoxy) is 2. The van der Waals surface area contributed by atoms with Crippen LogP contribution in [0.15, 0.2) is 36.4 Å². The Balaban J connectivity index is 0.000000175. The first kappa shape index (κ1) is 46.9. The summed E-state index contributed by atoms with van der Waals surface area (Å²) in [5.74, 6) is 3.75. The van der Waals surface area contributed by atoms with Crippen molar-refractivity contribution >= 4 is 46.1 Å². The summed E-state index contributed by atoms with van der Waals surface area (Å²) >= 11 is 0. The normalized spacial score (nSPS) is 25.8. The minimum Gasteiger partial charge on any atom is -0.453 e. The maximum atomic E-state index is 13.7. The first-order valence-electron chi connectivity index (χ1n) is 24.2. The number of aromatic nitrogens is 4. The molecular weight excluding hydrogens is 864 g/mol. The molecule has 4 saturated carbocycles. The summed E-state index contributed by atoms with van der Waals surface area (Å²) in [6, 6.07) is 12.3. The number of hydrogen-bond donors (Lipinski definition) is 4. The molecule has 4 amide bonds. The van der Waals surface area contributed by atoms with Crippen LogP contribution in [0.2, 0.25) is 0 Å². The number of rotatable bonds is 10. The summed E-state index contributed by atoms with van der Waals surface area (Å²) in [4.78, 5) is 72.1. The summed E-state index contributed by atoms with van der Waals surface area (Å²) in [6.45, 7) is 7.81. The van der Waals surface area contributed by atoms with E-state index in [1.54, 1.807) is 0 Å². The van der Waals surface area contributed by atoms with Crippen LogP contribution in [0.3, 0.4) is 0 Å². The molecule has 8 atom stereocenters. The molecule has 6 fully saturated rings. The molecule has 2 aromatic heterocycles. The molecule has 4 unspecified atom stereocenters. The fourth-order valence-corrected chi connectivity index (χ4v) is 12.4. The Morgan fingerprint density at radius 1 is 0.600 bits per heavy atom. The maximum absolute atomic E-state index is 13.7. The fourth-order valence-electron chi connectivity index (χ4n) is 12.4. The van der Waals surface area contributed by atoms with E-state index in [2.05, 4.69) is 57.0 Å². The minimum absolute atomic E-state index is 0. The van der Waals surface area contributed by atoms with E-state index in [1.165, 1.54) is 76.7 Å². The largest absolute Gasteiger partial charge is 0.453 e. The van der Waals surface area contributed by atoms with Gasteiger partial charge in [0.15, 0.2) is 0 Å². The molecule has 0 spiro atoms. The molecule has 2 aliphatic heterocycles. The van der Waals surface area contributed by atoms with Crippen LogP contribution in [-0.2, 0) is 36.1 Å². The van der Waals surface area contributed by atoms with Crippen LogP contribution in [0.5, 0.6) is 0 Å². The predicted molar refractivity (Wildman–Crippen MR) is 244 cm³/mol. The molecule has 2 saturated heterocycles. The summed E-state index contributed by atoms with van der Waals surface area (Å²) in [7, 11) is 2.65. The molecule has 15 heteroatoms. The predicted octanol–water partition coefficient (Wildman–Crippen LogP) is 9.30. The Kier molecular flexibility index (Phi) is 14.2. The first-order chi connectivity index (χ1) is 30.9. The van der Waals surface area contributed by atoms with Crippen LogP contribution in [0, 0.1) is 23.7 Å². The van der Waals surface area contributed by atoms with E-state index in [9.17, 15) is 19.2 Å². The smallest absolute Gasteiger partial charge is 0.407 e. The number of aromatic amines is 2. The molecule has 65 heavy (non-hydrogen) atoms. The number of carbonyl (C=O) groups is 4. The van der Waals surface area contributed by atoms with Crippen LogP contribution < -0.4 is 10.6 Å². The summed E-state index contributed by atoms with van der Waals surface area (Å²) in [6.07, 6.45) is 15.5. The zero-order valence-corrected chi connectivity index (χ0v) is 40.0. The van der Waals surface area contributed by atoms with E-state index in [0.29, 0.717) is 23.7 Å². The van der Waals surface area contributed by atoms with Gasteiger partial charge < -0.3 is 39.9 Å². The molecule has 4 aliphatic carbocycles. The van der Waals surface area contributed by atoms with Crippen molar-refractivity contribution in [2.75, 3.05) is 14.2 Å². The summed E-state index contributed by atoms with van der Waals surface area (Å²) in [5.41, 5.74) is 6.84. The van der Waals surface area contributed by atoms with E-state index in [0.717, 1.165) is 72.2 Å². The minimum atomic E-state index is -0.609. The number of carbonyl (C=O) groups excluding carboxylic acids is 4. The molecule has 10 rings (SSSR count). The van der Waals surface area contributed by atoms with E-state index >= 15 is 0 Å². The average molecular weight is 933 g/mol. The van der Waals surface area contributed by atoms with Gasteiger partial charge in [0.2, 0.25) is 11.8 Å². The van der Waals surface area contributed by atoms with E-state index in [-0.39, 0.29) is 64.9 Å². The Labute approximate surface area is 393 Å². The first-order valence-corrected chi connectivity index (χ1v) is 24.2. The maximum Gasteiger partial charge on any atom is 0.407 e. The number of imidazole rings is 2. The molecule has 4 N–H and O–H groups in total. The van der Waals surface area contributed by atoms with Crippen LogP contribution >= 0.6 is 0 Å². The van der Waals surface area contributed by atoms with E-state index in [4.69, 9.17) is 19.4 Å². The summed E-state index contributed by atoms with van der Waals surface area (Å²) < 4.78 is 9.54. The van der Waals surface area contributed by atoms with Crippen LogP contribution in [0.4, 0.5) is 9.59 Å². The third-order valence-corrected chi connectivity index (χ3v) is 15.7. The van der Waals surface area contributed by atoms with Gasteiger partial charge in [-0.15, -0.1) is 0 Å². The number of nitrogens with one attached hydrogen (secondary N) is 4. The van der Waals surface area contributed by atoms with Gasteiger partial charge in [-0.05, 0) is 135 Å². The van der Waals surface area contributed by atoms with Crippen LogP contribution in [0.1, 0.15) is 164 Å². The van der Waals surface area contributed by atoms with Crippen molar-refractivity contribution in [3.63, 3.8) is 0 Å². The van der Waals surface area contributed by atoms with Gasteiger partial charge in [-0.3, -0.25) is 9.59 Å². The number of H-pyrrole nitrogens is 2. The van der Waals surface area contributed by atoms with Gasteiger partial charge >= 0.3 is 12.2 Å². The number of fused-ring (bicyclic) bond motifs is 6. The average Bonchev–Trinajstić information content (AvgIpc) is 4.15. The van der Waals surface area contributed by atoms with Crippen molar-refractivity contribution in [3.8, 4) is 0 Å². The molecule has 6 aliphatic rings. The Bertz CT molecular complexity index is 2190. The third-order valence-electron chi connectivity index (χ3n) is 15.7. The van der Waals surface area contributed by atoms with E-state index in [1.807, 2.05) is 37.5 Å². The second-order valence-electron chi connectivity index (χ2n) is 20.3. The van der Waals surface area contributed by atoms with Crippen molar-refractivity contribution in [2.24, 2.45) is 23.7 Å². The molecule has 0 radical (unpaired) electrons. The zero-order chi connectivity index (χ0) is 44.8. The second kappa shape index (κ2) is 19.7. The number of alkyl carbamates (subject to hydrolysis) is 2. The molecule has 14 nitrogen and oxygen atoms in total. The quantitative estimate of drug-likeness (QED) is 0.114. The van der Waals surface area contributed by atoms with Gasteiger partial charge in [-0.1, -0.05) is 65.5 Å². The van der Waals surface area contributed by atoms with Gasteiger partial charge in [-0.25, -0.2) is 19.6 Å². The molecule has 4 aromatic rings. The Morgan fingerprint density at radius 2 is 0.985 bits per heavy atom. The Hall–Kier alpha value is -4.62. The van der Waals surface area contributed by atoms with Crippen molar-refractivity contribution in [2.45, 2.75) is 166 Å². The number of piperidine rings is 2. The number of hydrogen-bond acceptors (Lipinski definition) is 8. The van der Waals surface area contributed by atoms with Crippen molar-refractivity contribution in [1.82, 2.24) is 40.4 Å². The van der Waals surface area contributed by atoms with Crippen molar-refractivity contribution in [1.29, 1.82) is 0 Å². The molecule has 352 valence electrons. The second-order valence-corrected chi connectivity index (χ2v) is 20.3. The monoisotopic (exact) mass is 932 g/mol. The van der Waals surface area contributed by atoms with Gasteiger partial charge in [0.1, 0.15) is 23.7 Å². The number of methoxy groups -OCH3 is 2. The van der Waals surface area contributed by atoms with Gasteiger partial charge in [-0.2, -0.15) is 0 Å².